The van der Waals surface area contributed by atoms with Gasteiger partial charge < -0.3 is 15.8 Å². The number of hydrogen-bond acceptors (Lipinski definition) is 3. The first kappa shape index (κ1) is 19.9. The maximum Gasteiger partial charge on any atom is 0.387 e. The molecule has 1 saturated carbocycles. The number of aryl methyl sites for hydroxylation is 1. The molecule has 2 aliphatic carbocycles. The highest BCUT2D eigenvalue weighted by Crippen LogP contribution is 2.33. The van der Waals surface area contributed by atoms with Crippen molar-refractivity contribution in [2.24, 2.45) is 11.7 Å². The van der Waals surface area contributed by atoms with Crippen LogP contribution in [0.15, 0.2) is 18.2 Å². The maximum absolute atomic E-state index is 12.3. The van der Waals surface area contributed by atoms with Gasteiger partial charge in [0.15, 0.2) is 0 Å². The van der Waals surface area contributed by atoms with E-state index < -0.39 is 6.61 Å². The highest BCUT2D eigenvalue weighted by atomic mass is 35.5. The van der Waals surface area contributed by atoms with Gasteiger partial charge in [0.05, 0.1) is 6.04 Å². The van der Waals surface area contributed by atoms with Crippen molar-refractivity contribution >= 4 is 18.3 Å². The molecule has 0 saturated heterocycles. The van der Waals surface area contributed by atoms with E-state index >= 15 is 0 Å². The summed E-state index contributed by atoms with van der Waals surface area (Å²) in [5.41, 5.74) is 8.02. The van der Waals surface area contributed by atoms with Gasteiger partial charge in [-0.05, 0) is 61.3 Å². The monoisotopic (exact) mass is 374 g/mol. The number of carbonyl (C=O) groups excluding carboxylic acids is 1. The summed E-state index contributed by atoms with van der Waals surface area (Å²) in [6.45, 7) is -2.82. The van der Waals surface area contributed by atoms with Crippen LogP contribution >= 0.6 is 12.4 Å². The quantitative estimate of drug-likeness (QED) is 0.825. The number of alkyl halides is 2. The van der Waals surface area contributed by atoms with Gasteiger partial charge in [0, 0.05) is 12.5 Å². The van der Waals surface area contributed by atoms with Gasteiger partial charge in [0.2, 0.25) is 5.91 Å². The third-order valence-corrected chi connectivity index (χ3v) is 5.15. The minimum atomic E-state index is -2.82. The number of carbonyl (C=O) groups is 1. The Balaban J connectivity index is 0.00000225. The molecule has 25 heavy (non-hydrogen) atoms. The lowest BCUT2D eigenvalue weighted by atomic mass is 9.87. The number of nitrogens with two attached hydrogens (primary N) is 1. The van der Waals surface area contributed by atoms with E-state index in [1.807, 2.05) is 0 Å². The van der Waals surface area contributed by atoms with Crippen LogP contribution in [0.1, 0.15) is 55.7 Å². The largest absolute Gasteiger partial charge is 0.435 e. The van der Waals surface area contributed by atoms with Crippen LogP contribution in [0.25, 0.3) is 0 Å². The fourth-order valence-electron chi connectivity index (χ4n) is 3.93. The van der Waals surface area contributed by atoms with Gasteiger partial charge in [-0.2, -0.15) is 8.78 Å². The van der Waals surface area contributed by atoms with E-state index in [1.54, 1.807) is 18.2 Å². The fraction of sp³-hybridized carbons (Fsp3) is 0.611. The lowest BCUT2D eigenvalue weighted by Gasteiger charge is -2.27. The van der Waals surface area contributed by atoms with Crippen molar-refractivity contribution in [3.05, 3.63) is 29.3 Å². The van der Waals surface area contributed by atoms with Crippen LogP contribution in [0.2, 0.25) is 0 Å². The topological polar surface area (TPSA) is 64.4 Å². The van der Waals surface area contributed by atoms with Crippen molar-refractivity contribution in [3.8, 4) is 5.75 Å². The third-order valence-electron chi connectivity index (χ3n) is 5.15. The SMILES string of the molecule is Cl.N[C@@H]1CCC[C@H]1CC(=O)NC1CCCc2cc(OC(F)F)ccc21. The Hall–Kier alpha value is -1.40. The second-order valence-electron chi connectivity index (χ2n) is 6.81. The summed E-state index contributed by atoms with van der Waals surface area (Å²) in [5.74, 6) is 0.477. The number of ether oxygens (including phenoxy) is 1. The van der Waals surface area contributed by atoms with E-state index in [1.165, 1.54) is 0 Å². The number of nitrogens with one attached hydrogen (secondary N) is 1. The molecule has 1 unspecified atom stereocenters. The van der Waals surface area contributed by atoms with Crippen LogP contribution in [0, 0.1) is 5.92 Å². The predicted molar refractivity (Wildman–Crippen MR) is 94.1 cm³/mol. The molecule has 3 rings (SSSR count). The van der Waals surface area contributed by atoms with E-state index in [0.29, 0.717) is 6.42 Å². The normalized spacial score (nSPS) is 25.2. The molecule has 1 aromatic rings. The van der Waals surface area contributed by atoms with Gasteiger partial charge >= 0.3 is 6.61 Å². The Labute approximate surface area is 152 Å². The van der Waals surface area contributed by atoms with Gasteiger partial charge in [0.1, 0.15) is 5.75 Å². The first-order chi connectivity index (χ1) is 11.5. The first-order valence-corrected chi connectivity index (χ1v) is 8.65. The zero-order valence-electron chi connectivity index (χ0n) is 14.0. The zero-order chi connectivity index (χ0) is 17.1. The Kier molecular flexibility index (Phi) is 7.02. The second kappa shape index (κ2) is 8.81. The van der Waals surface area contributed by atoms with Gasteiger partial charge in [-0.3, -0.25) is 4.79 Å². The van der Waals surface area contributed by atoms with Crippen LogP contribution in [-0.4, -0.2) is 18.6 Å². The zero-order valence-corrected chi connectivity index (χ0v) is 14.9. The summed E-state index contributed by atoms with van der Waals surface area (Å²) in [5, 5.41) is 3.10. The van der Waals surface area contributed by atoms with E-state index in [0.717, 1.165) is 49.7 Å². The average Bonchev–Trinajstić information content (AvgIpc) is 2.91. The summed E-state index contributed by atoms with van der Waals surface area (Å²) < 4.78 is 29.1. The van der Waals surface area contributed by atoms with Crippen LogP contribution in [0.5, 0.6) is 5.75 Å². The van der Waals surface area contributed by atoms with Gasteiger partial charge in [-0.25, -0.2) is 0 Å². The van der Waals surface area contributed by atoms with Crippen molar-refractivity contribution in [3.63, 3.8) is 0 Å². The summed E-state index contributed by atoms with van der Waals surface area (Å²) >= 11 is 0. The minimum absolute atomic E-state index is 0. The van der Waals surface area contributed by atoms with E-state index in [-0.39, 0.29) is 42.1 Å². The lowest BCUT2D eigenvalue weighted by Crippen LogP contribution is -2.35. The number of fused-ring (bicyclic) bond motifs is 1. The molecule has 4 nitrogen and oxygen atoms in total. The smallest absolute Gasteiger partial charge is 0.387 e. The molecule has 1 amide bonds. The van der Waals surface area contributed by atoms with Crippen LogP contribution < -0.4 is 15.8 Å². The molecule has 0 aromatic heterocycles. The molecule has 3 N–H and O–H groups in total. The Morgan fingerprint density at radius 1 is 1.28 bits per heavy atom. The molecule has 140 valence electrons. The minimum Gasteiger partial charge on any atom is -0.435 e. The predicted octanol–water partition coefficient (Wildman–Crippen LogP) is 3.72. The number of rotatable bonds is 5. The van der Waals surface area contributed by atoms with Crippen molar-refractivity contribution in [1.82, 2.24) is 5.32 Å². The molecule has 7 heteroatoms. The first-order valence-electron chi connectivity index (χ1n) is 8.65. The summed E-state index contributed by atoms with van der Waals surface area (Å²) in [7, 11) is 0. The summed E-state index contributed by atoms with van der Waals surface area (Å²) in [6, 6.07) is 5.07. The molecular weight excluding hydrogens is 350 g/mol. The summed E-state index contributed by atoms with van der Waals surface area (Å²) in [4.78, 5) is 12.3. The number of hydrogen-bond donors (Lipinski definition) is 2. The molecule has 0 bridgehead atoms. The molecular formula is C18H25ClF2N2O2. The van der Waals surface area contributed by atoms with Gasteiger partial charge in [-0.1, -0.05) is 12.5 Å². The number of halogens is 3. The Morgan fingerprint density at radius 3 is 2.76 bits per heavy atom. The van der Waals surface area contributed by atoms with E-state index in [4.69, 9.17) is 5.73 Å². The maximum atomic E-state index is 12.3. The van der Waals surface area contributed by atoms with E-state index in [2.05, 4.69) is 10.1 Å². The number of amides is 1. The molecule has 0 radical (unpaired) electrons. The second-order valence-corrected chi connectivity index (χ2v) is 6.81. The molecule has 1 fully saturated rings. The third kappa shape index (κ3) is 5.05. The molecule has 0 aliphatic heterocycles. The van der Waals surface area contributed by atoms with Gasteiger partial charge in [-0.15, -0.1) is 12.4 Å². The van der Waals surface area contributed by atoms with Crippen molar-refractivity contribution < 1.29 is 18.3 Å². The molecule has 0 spiro atoms. The van der Waals surface area contributed by atoms with Crippen LogP contribution in [0.4, 0.5) is 8.78 Å². The summed E-state index contributed by atoms with van der Waals surface area (Å²) in [6.07, 6.45) is 6.18. The van der Waals surface area contributed by atoms with Gasteiger partial charge in [0.25, 0.3) is 0 Å². The fourth-order valence-corrected chi connectivity index (χ4v) is 3.93. The lowest BCUT2D eigenvalue weighted by molar-refractivity contribution is -0.122. The standard InChI is InChI=1S/C18H24F2N2O2.ClH/c19-18(20)24-13-7-8-14-11(9-13)3-2-6-16(14)22-17(23)10-12-4-1-5-15(12)21;/h7-9,12,15-16,18H,1-6,10,21H2,(H,22,23);1H/t12-,15+,16?;/m0./s1. The van der Waals surface area contributed by atoms with Crippen molar-refractivity contribution in [2.45, 2.75) is 63.6 Å². The highest BCUT2D eigenvalue weighted by Gasteiger charge is 2.28. The highest BCUT2D eigenvalue weighted by molar-refractivity contribution is 5.85. The average molecular weight is 375 g/mol. The van der Waals surface area contributed by atoms with Crippen molar-refractivity contribution in [2.75, 3.05) is 0 Å². The Morgan fingerprint density at radius 2 is 2.08 bits per heavy atom. The molecule has 0 heterocycles. The molecule has 2 aliphatic rings. The molecule has 3 atom stereocenters. The van der Waals surface area contributed by atoms with E-state index in [9.17, 15) is 13.6 Å². The molecule has 1 aromatic carbocycles. The van der Waals surface area contributed by atoms with Crippen LogP contribution in [-0.2, 0) is 11.2 Å². The van der Waals surface area contributed by atoms with Crippen LogP contribution in [0.3, 0.4) is 0 Å². The number of benzene rings is 1. The Bertz CT molecular complexity index is 600. The van der Waals surface area contributed by atoms with Crippen molar-refractivity contribution in [1.29, 1.82) is 0 Å².